The van der Waals surface area contributed by atoms with E-state index in [9.17, 15) is 8.42 Å². The van der Waals surface area contributed by atoms with Crippen molar-refractivity contribution < 1.29 is 8.42 Å². The van der Waals surface area contributed by atoms with Gasteiger partial charge in [-0.2, -0.15) is 5.26 Å². The molecule has 1 atom stereocenters. The van der Waals surface area contributed by atoms with Gasteiger partial charge in [0, 0.05) is 31.9 Å². The molecule has 0 saturated carbocycles. The van der Waals surface area contributed by atoms with Gasteiger partial charge in [0.05, 0.1) is 11.8 Å². The number of rotatable bonds is 5. The van der Waals surface area contributed by atoms with Crippen LogP contribution in [0.5, 0.6) is 0 Å². The Morgan fingerprint density at radius 3 is 2.94 bits per heavy atom. The van der Waals surface area contributed by atoms with Gasteiger partial charge in [-0.3, -0.25) is 4.90 Å². The molecule has 0 radical (unpaired) electrons. The van der Waals surface area contributed by atoms with E-state index in [0.717, 1.165) is 13.1 Å². The van der Waals surface area contributed by atoms with Gasteiger partial charge >= 0.3 is 0 Å². The third kappa shape index (κ3) is 4.08. The molecule has 1 saturated heterocycles. The third-order valence-electron chi connectivity index (χ3n) is 2.84. The van der Waals surface area contributed by atoms with Crippen LogP contribution in [0.4, 0.5) is 0 Å². The fourth-order valence-electron chi connectivity index (χ4n) is 1.77. The first-order valence-corrected chi connectivity index (χ1v) is 7.46. The fourth-order valence-corrected chi connectivity index (χ4v) is 2.63. The maximum atomic E-state index is 11.3. The van der Waals surface area contributed by atoms with Crippen LogP contribution in [0.15, 0.2) is 0 Å². The summed E-state index contributed by atoms with van der Waals surface area (Å²) in [7, 11) is -2.87. The van der Waals surface area contributed by atoms with E-state index in [1.807, 2.05) is 0 Å². The van der Waals surface area contributed by atoms with Gasteiger partial charge in [0.15, 0.2) is 0 Å². The molecule has 6 heteroatoms. The molecular formula is C10H19N3O2S. The molecule has 1 N–H and O–H groups in total. The second-order valence-corrected chi connectivity index (χ2v) is 6.45. The van der Waals surface area contributed by atoms with E-state index in [-0.39, 0.29) is 17.5 Å². The molecule has 16 heavy (non-hydrogen) atoms. The number of nitrogens with zero attached hydrogens (tertiary/aromatic N) is 2. The van der Waals surface area contributed by atoms with Crippen molar-refractivity contribution >= 4 is 9.84 Å². The highest BCUT2D eigenvalue weighted by molar-refractivity contribution is 7.91. The predicted molar refractivity (Wildman–Crippen MR) is 62.8 cm³/mol. The second kappa shape index (κ2) is 6.18. The summed E-state index contributed by atoms with van der Waals surface area (Å²) in [5.41, 5.74) is 0. The molecule has 1 aliphatic rings. The molecule has 0 aromatic carbocycles. The maximum absolute atomic E-state index is 11.3. The first-order valence-electron chi connectivity index (χ1n) is 5.64. The van der Waals surface area contributed by atoms with Gasteiger partial charge in [0.25, 0.3) is 0 Å². The van der Waals surface area contributed by atoms with Crippen LogP contribution in [0.2, 0.25) is 0 Å². The normalized spacial score (nSPS) is 22.9. The van der Waals surface area contributed by atoms with Crippen molar-refractivity contribution in [3.05, 3.63) is 0 Å². The van der Waals surface area contributed by atoms with E-state index in [0.29, 0.717) is 19.5 Å². The summed E-state index contributed by atoms with van der Waals surface area (Å²) < 4.78 is 22.6. The van der Waals surface area contributed by atoms with Crippen molar-refractivity contribution in [1.82, 2.24) is 10.2 Å². The van der Waals surface area contributed by atoms with Crippen LogP contribution in [0.1, 0.15) is 13.3 Å². The van der Waals surface area contributed by atoms with Crippen molar-refractivity contribution in [1.29, 1.82) is 5.26 Å². The standard InChI is InChI=1S/C10H19N3O2S/c1-2-16(14,15)7-3-5-13-6-4-12-9-10(13)8-11/h10,12H,2-7,9H2,1H3. The molecule has 92 valence electrons. The van der Waals surface area contributed by atoms with E-state index in [4.69, 9.17) is 5.26 Å². The molecule has 5 nitrogen and oxygen atoms in total. The van der Waals surface area contributed by atoms with Crippen LogP contribution in [0.3, 0.4) is 0 Å². The Morgan fingerprint density at radius 1 is 1.56 bits per heavy atom. The topological polar surface area (TPSA) is 73.2 Å². The van der Waals surface area contributed by atoms with Crippen LogP contribution >= 0.6 is 0 Å². The largest absolute Gasteiger partial charge is 0.313 e. The van der Waals surface area contributed by atoms with Crippen molar-refractivity contribution in [3.8, 4) is 6.07 Å². The molecule has 1 fully saturated rings. The Labute approximate surface area is 97.3 Å². The summed E-state index contributed by atoms with van der Waals surface area (Å²) in [5.74, 6) is 0.432. The number of hydrogen-bond donors (Lipinski definition) is 1. The molecule has 1 heterocycles. The lowest BCUT2D eigenvalue weighted by atomic mass is 10.2. The molecular weight excluding hydrogens is 226 g/mol. The predicted octanol–water partition coefficient (Wildman–Crippen LogP) is -0.391. The van der Waals surface area contributed by atoms with Gasteiger partial charge in [-0.05, 0) is 6.42 Å². The third-order valence-corrected chi connectivity index (χ3v) is 4.63. The maximum Gasteiger partial charge on any atom is 0.150 e. The number of hydrogen-bond acceptors (Lipinski definition) is 5. The van der Waals surface area contributed by atoms with Crippen molar-refractivity contribution in [3.63, 3.8) is 0 Å². The average Bonchev–Trinajstić information content (AvgIpc) is 2.29. The average molecular weight is 245 g/mol. The van der Waals surface area contributed by atoms with Gasteiger partial charge in [-0.25, -0.2) is 8.42 Å². The van der Waals surface area contributed by atoms with E-state index in [1.54, 1.807) is 6.92 Å². The van der Waals surface area contributed by atoms with Crippen LogP contribution in [-0.2, 0) is 9.84 Å². The summed E-state index contributed by atoms with van der Waals surface area (Å²) in [4.78, 5) is 2.06. The molecule has 0 aromatic rings. The second-order valence-electron chi connectivity index (χ2n) is 3.97. The van der Waals surface area contributed by atoms with Gasteiger partial charge in [-0.15, -0.1) is 0 Å². The van der Waals surface area contributed by atoms with Crippen molar-refractivity contribution in [2.75, 3.05) is 37.7 Å². The van der Waals surface area contributed by atoms with Crippen molar-refractivity contribution in [2.24, 2.45) is 0 Å². The minimum atomic E-state index is -2.87. The summed E-state index contributed by atoms with van der Waals surface area (Å²) in [6.07, 6.45) is 0.619. The highest BCUT2D eigenvalue weighted by Gasteiger charge is 2.21. The number of nitriles is 1. The summed E-state index contributed by atoms with van der Waals surface area (Å²) in [5, 5.41) is 12.1. The monoisotopic (exact) mass is 245 g/mol. The highest BCUT2D eigenvalue weighted by Crippen LogP contribution is 2.04. The van der Waals surface area contributed by atoms with Crippen LogP contribution in [0, 0.1) is 11.3 Å². The van der Waals surface area contributed by atoms with Crippen LogP contribution < -0.4 is 5.32 Å². The van der Waals surface area contributed by atoms with Gasteiger partial charge in [-0.1, -0.05) is 6.92 Å². The summed E-state index contributed by atoms with van der Waals surface area (Å²) in [6.45, 7) is 4.73. The van der Waals surface area contributed by atoms with Crippen LogP contribution in [-0.4, -0.2) is 57.0 Å². The Balaban J connectivity index is 2.34. The van der Waals surface area contributed by atoms with Gasteiger partial charge in [0.2, 0.25) is 0 Å². The lowest BCUT2D eigenvalue weighted by molar-refractivity contribution is 0.198. The lowest BCUT2D eigenvalue weighted by Gasteiger charge is -2.31. The van der Waals surface area contributed by atoms with E-state index < -0.39 is 9.84 Å². The zero-order valence-electron chi connectivity index (χ0n) is 9.65. The smallest absolute Gasteiger partial charge is 0.150 e. The molecule has 0 spiro atoms. The van der Waals surface area contributed by atoms with Gasteiger partial charge < -0.3 is 5.32 Å². The van der Waals surface area contributed by atoms with Gasteiger partial charge in [0.1, 0.15) is 15.9 Å². The minimum absolute atomic E-state index is 0.113. The summed E-state index contributed by atoms with van der Waals surface area (Å²) >= 11 is 0. The lowest BCUT2D eigenvalue weighted by Crippen LogP contribution is -2.50. The Bertz CT molecular complexity index is 348. The molecule has 0 bridgehead atoms. The SMILES string of the molecule is CCS(=O)(=O)CCCN1CCNCC1C#N. The molecule has 1 unspecified atom stereocenters. The number of sulfone groups is 1. The zero-order valence-corrected chi connectivity index (χ0v) is 10.5. The highest BCUT2D eigenvalue weighted by atomic mass is 32.2. The molecule has 0 aliphatic carbocycles. The minimum Gasteiger partial charge on any atom is -0.313 e. The van der Waals surface area contributed by atoms with E-state index >= 15 is 0 Å². The quantitative estimate of drug-likeness (QED) is 0.714. The number of nitrogens with one attached hydrogen (secondary N) is 1. The molecule has 1 aliphatic heterocycles. The fraction of sp³-hybridized carbons (Fsp3) is 0.900. The number of piperazine rings is 1. The first-order chi connectivity index (χ1) is 7.59. The first kappa shape index (κ1) is 13.4. The summed E-state index contributed by atoms with van der Waals surface area (Å²) in [6, 6.07) is 2.12. The Morgan fingerprint density at radius 2 is 2.31 bits per heavy atom. The zero-order chi connectivity index (χ0) is 12.0. The van der Waals surface area contributed by atoms with Crippen molar-refractivity contribution in [2.45, 2.75) is 19.4 Å². The van der Waals surface area contributed by atoms with Crippen LogP contribution in [0.25, 0.3) is 0 Å². The Hall–Kier alpha value is -0.640. The molecule has 1 rings (SSSR count). The molecule has 0 aromatic heterocycles. The van der Waals surface area contributed by atoms with E-state index in [2.05, 4.69) is 16.3 Å². The Kier molecular flexibility index (Phi) is 5.19. The van der Waals surface area contributed by atoms with E-state index in [1.165, 1.54) is 0 Å². The molecule has 0 amide bonds.